The van der Waals surface area contributed by atoms with Crippen LogP contribution in [0.1, 0.15) is 253 Å². The van der Waals surface area contributed by atoms with Crippen LogP contribution >= 0.6 is 0 Å². The van der Waals surface area contributed by atoms with E-state index in [1.165, 1.54) is 70.6 Å². The molecule has 8 aliphatic carbocycles. The summed E-state index contributed by atoms with van der Waals surface area (Å²) in [6, 6.07) is 0. The van der Waals surface area contributed by atoms with Gasteiger partial charge in [0.2, 0.25) is 0 Å². The van der Waals surface area contributed by atoms with Crippen molar-refractivity contribution in [3.63, 3.8) is 0 Å². The lowest BCUT2D eigenvalue weighted by Crippen LogP contribution is -2.59. The zero-order valence-corrected chi connectivity index (χ0v) is 51.2. The standard InChI is InChI=1S/C67H114N2O8/c1-60-36-28-52-62(3)32-24-34-64(5)50(62)30-38-66(52,48-60)46-54(60)76-56(70)26-20-16-12-13-17-21-27-57(71)77-55-47-67-39-31-51-63(4,53(67)29-37-61(55,2)49-67)33-25-35-65(51,6)59(73)75-45-43-69(9,10)41-23-19-15-11-14-18-22-40-68(7,8)42-44-74-58(64)72/h50-55H,11-49H2,1-10H3/q+2/t50-,51-,52-,53-,54+,55+,60-,61-,62+,63+,64+,65+,66-,67-/m0/s1. The zero-order chi connectivity index (χ0) is 55.2. The van der Waals surface area contributed by atoms with Crippen LogP contribution in [0.5, 0.6) is 0 Å². The Hall–Kier alpha value is -2.20. The Kier molecular flexibility index (Phi) is 17.6. The number of likely N-dealkylation sites (N-methyl/N-ethyl adjacent to an activating group) is 2. The minimum absolute atomic E-state index is 0.0155. The molecule has 14 atom stereocenters. The average molecular weight is 1080 g/mol. The fourth-order valence-electron chi connectivity index (χ4n) is 21.2. The van der Waals surface area contributed by atoms with Gasteiger partial charge in [-0.2, -0.15) is 0 Å². The van der Waals surface area contributed by atoms with Crippen LogP contribution < -0.4 is 0 Å². The molecule has 0 aromatic carbocycles. The van der Waals surface area contributed by atoms with E-state index in [2.05, 4.69) is 69.7 Å². The number of fused-ring (bicyclic) bond motifs is 2. The van der Waals surface area contributed by atoms with Gasteiger partial charge in [-0.05, 0) is 200 Å². The van der Waals surface area contributed by atoms with Gasteiger partial charge in [-0.3, -0.25) is 19.2 Å². The number of nitrogens with zero attached hydrogens (tertiary/aromatic N) is 2. The lowest BCUT2D eigenvalue weighted by Gasteiger charge is -2.64. The van der Waals surface area contributed by atoms with Crippen molar-refractivity contribution in [2.45, 2.75) is 266 Å². The maximum absolute atomic E-state index is 14.3. The van der Waals surface area contributed by atoms with Gasteiger partial charge in [0.25, 0.3) is 0 Å². The Labute approximate surface area is 469 Å². The predicted molar refractivity (Wildman–Crippen MR) is 305 cm³/mol. The third-order valence-corrected chi connectivity index (χ3v) is 25.5. The molecule has 11 rings (SSSR count). The summed E-state index contributed by atoms with van der Waals surface area (Å²) in [7, 11) is 9.20. The topological polar surface area (TPSA) is 105 Å². The van der Waals surface area contributed by atoms with Gasteiger partial charge in [0.1, 0.15) is 38.5 Å². The summed E-state index contributed by atoms with van der Waals surface area (Å²) in [5.74, 6) is 1.78. The SMILES string of the molecule is C[C@@]12CC[C@@H]3[C@]4(CC[C@H]5[C@@]3(C)CCC[C@@]5(C)C(=O)OCC[N+](C)(C)CCCCCCCCC[N+](C)(C)CCOC(=O)[C@]3(C)CCC[C@@]5(C)[C@@H]6CC[C@@]7(C)C[C@]6(CC[C@@H]53)C[C@H]7OC(=O)CCCCCCCCC(=O)O[C@@H]1C4)C2. The quantitative estimate of drug-likeness (QED) is 0.134. The van der Waals surface area contributed by atoms with Gasteiger partial charge in [0.15, 0.2) is 0 Å². The number of rotatable bonds is 0. The third kappa shape index (κ3) is 11.9. The van der Waals surface area contributed by atoms with Crippen LogP contribution in [-0.4, -0.2) is 113 Å². The van der Waals surface area contributed by atoms with Gasteiger partial charge in [-0.25, -0.2) is 0 Å². The van der Waals surface area contributed by atoms with Crippen molar-refractivity contribution in [1.29, 1.82) is 0 Å². The van der Waals surface area contributed by atoms with Crippen molar-refractivity contribution in [2.75, 3.05) is 67.6 Å². The second kappa shape index (κ2) is 22.9. The fraction of sp³-hybridized carbons (Fsp3) is 0.940. The third-order valence-electron chi connectivity index (χ3n) is 25.5. The molecule has 0 aromatic rings. The molecule has 12 bridgehead atoms. The number of carbonyl (C=O) groups is 4. The molecule has 8 saturated carbocycles. The first-order valence-electron chi connectivity index (χ1n) is 32.7. The van der Waals surface area contributed by atoms with Crippen LogP contribution in [-0.2, 0) is 38.1 Å². The molecule has 438 valence electrons. The summed E-state index contributed by atoms with van der Waals surface area (Å²) in [5, 5.41) is 0. The molecule has 0 amide bonds. The number of hydrogen-bond acceptors (Lipinski definition) is 8. The summed E-state index contributed by atoms with van der Waals surface area (Å²) in [5.41, 5.74) is -0.288. The number of quaternary nitrogens is 2. The first kappa shape index (κ1) is 59.4. The largest absolute Gasteiger partial charge is 0.462 e. The predicted octanol–water partition coefficient (Wildman–Crippen LogP) is 14.5. The van der Waals surface area contributed by atoms with E-state index in [9.17, 15) is 19.2 Å². The van der Waals surface area contributed by atoms with Gasteiger partial charge in [0.05, 0.1) is 52.1 Å². The van der Waals surface area contributed by atoms with Gasteiger partial charge in [0, 0.05) is 23.7 Å². The molecule has 10 heteroatoms. The molecule has 3 heterocycles. The monoisotopic (exact) mass is 1070 g/mol. The Bertz CT molecular complexity index is 1960. The normalized spacial score (nSPS) is 46.2. The summed E-state index contributed by atoms with van der Waals surface area (Å²) in [6.07, 6.45) is 35.0. The molecular formula is C67H114N2O8+2. The maximum atomic E-state index is 14.3. The molecule has 11 fully saturated rings. The minimum atomic E-state index is -0.453. The highest BCUT2D eigenvalue weighted by atomic mass is 16.6. The molecule has 3 aliphatic heterocycles. The molecule has 10 nitrogen and oxygen atoms in total. The second-order valence-electron chi connectivity index (χ2n) is 31.8. The van der Waals surface area contributed by atoms with Gasteiger partial charge in [-0.15, -0.1) is 0 Å². The highest BCUT2D eigenvalue weighted by molar-refractivity contribution is 5.78. The Morgan fingerprint density at radius 1 is 0.390 bits per heavy atom. The summed E-state index contributed by atoms with van der Waals surface area (Å²) >= 11 is 0. The van der Waals surface area contributed by atoms with E-state index in [-0.39, 0.29) is 68.6 Å². The molecular weight excluding hydrogens is 961 g/mol. The molecule has 0 N–H and O–H groups in total. The highest BCUT2D eigenvalue weighted by Crippen LogP contribution is 2.76. The van der Waals surface area contributed by atoms with E-state index in [0.717, 1.165) is 164 Å². The van der Waals surface area contributed by atoms with Crippen molar-refractivity contribution in [2.24, 2.45) is 67.0 Å². The van der Waals surface area contributed by atoms with Crippen LogP contribution in [0.25, 0.3) is 0 Å². The average Bonchev–Trinajstić information content (AvgIpc) is 3.91. The van der Waals surface area contributed by atoms with E-state index in [4.69, 9.17) is 18.9 Å². The van der Waals surface area contributed by atoms with Crippen molar-refractivity contribution in [3.8, 4) is 0 Å². The van der Waals surface area contributed by atoms with Crippen LogP contribution in [0.3, 0.4) is 0 Å². The summed E-state index contributed by atoms with van der Waals surface area (Å²) in [4.78, 5) is 55.8. The van der Waals surface area contributed by atoms with Gasteiger partial charge >= 0.3 is 23.9 Å². The smallest absolute Gasteiger partial charge is 0.312 e. The number of esters is 4. The van der Waals surface area contributed by atoms with Crippen molar-refractivity contribution >= 4 is 23.9 Å². The van der Waals surface area contributed by atoms with E-state index >= 15 is 0 Å². The lowest BCUT2D eigenvalue weighted by molar-refractivity contribution is -0.890. The second-order valence-corrected chi connectivity index (χ2v) is 31.8. The Balaban J connectivity index is 0.801. The first-order chi connectivity index (χ1) is 36.4. The molecule has 2 spiro atoms. The fourth-order valence-corrected chi connectivity index (χ4v) is 21.2. The lowest BCUT2D eigenvalue weighted by atomic mass is 9.40. The molecule has 0 radical (unpaired) electrons. The molecule has 11 aliphatic rings. The van der Waals surface area contributed by atoms with E-state index in [1.54, 1.807) is 0 Å². The van der Waals surface area contributed by atoms with E-state index in [0.29, 0.717) is 49.7 Å². The summed E-state index contributed by atoms with van der Waals surface area (Å²) < 4.78 is 27.4. The van der Waals surface area contributed by atoms with Crippen LogP contribution in [0.15, 0.2) is 0 Å². The van der Waals surface area contributed by atoms with E-state index < -0.39 is 10.8 Å². The van der Waals surface area contributed by atoms with Crippen LogP contribution in [0.4, 0.5) is 0 Å². The number of hydrogen-bond donors (Lipinski definition) is 0. The van der Waals surface area contributed by atoms with Crippen molar-refractivity contribution < 1.29 is 47.1 Å². The van der Waals surface area contributed by atoms with Crippen molar-refractivity contribution in [3.05, 3.63) is 0 Å². The molecule has 0 aromatic heterocycles. The summed E-state index contributed by atoms with van der Waals surface area (Å²) in [6.45, 7) is 19.2. The zero-order valence-electron chi connectivity index (χ0n) is 51.2. The highest BCUT2D eigenvalue weighted by Gasteiger charge is 2.71. The van der Waals surface area contributed by atoms with Gasteiger partial charge < -0.3 is 27.9 Å². The van der Waals surface area contributed by atoms with Crippen LogP contribution in [0, 0.1) is 67.0 Å². The number of ether oxygens (including phenoxy) is 4. The van der Waals surface area contributed by atoms with E-state index in [1.807, 2.05) is 0 Å². The van der Waals surface area contributed by atoms with Gasteiger partial charge in [-0.1, -0.05) is 85.5 Å². The Morgan fingerprint density at radius 3 is 1.13 bits per heavy atom. The first-order valence-corrected chi connectivity index (χ1v) is 32.7. The molecule has 77 heavy (non-hydrogen) atoms. The molecule has 0 unspecified atom stereocenters. The van der Waals surface area contributed by atoms with Crippen LogP contribution in [0.2, 0.25) is 0 Å². The number of carbonyl (C=O) groups excluding carboxylic acids is 4. The maximum Gasteiger partial charge on any atom is 0.312 e. The van der Waals surface area contributed by atoms with Crippen molar-refractivity contribution in [1.82, 2.24) is 0 Å². The minimum Gasteiger partial charge on any atom is -0.462 e. The Morgan fingerprint density at radius 2 is 0.740 bits per heavy atom. The molecule has 3 saturated heterocycles.